The molecule has 0 atom stereocenters. The molecule has 1 amide bonds. The number of nitrogens with one attached hydrogen (secondary N) is 1. The third-order valence-corrected chi connectivity index (χ3v) is 2.29. The number of amides is 1. The van der Waals surface area contributed by atoms with Crippen LogP contribution < -0.4 is 10.2 Å². The van der Waals surface area contributed by atoms with E-state index in [9.17, 15) is 9.90 Å². The van der Waals surface area contributed by atoms with Crippen molar-refractivity contribution >= 4 is 11.6 Å². The second kappa shape index (κ2) is 6.12. The molecule has 0 unspecified atom stereocenters. The second-order valence-electron chi connectivity index (χ2n) is 3.65. The van der Waals surface area contributed by atoms with Crippen LogP contribution in [0.2, 0.25) is 0 Å². The van der Waals surface area contributed by atoms with E-state index in [0.29, 0.717) is 12.2 Å². The number of anilines is 1. The van der Waals surface area contributed by atoms with Gasteiger partial charge in [-0.2, -0.15) is 0 Å². The maximum atomic E-state index is 11.7. The van der Waals surface area contributed by atoms with Crippen LogP contribution in [0.15, 0.2) is 24.3 Å². The van der Waals surface area contributed by atoms with Crippen LogP contribution in [0.5, 0.6) is 5.75 Å². The fraction of sp³-hybridized carbons (Fsp3) is 0.417. The lowest BCUT2D eigenvalue weighted by Gasteiger charge is -2.17. The van der Waals surface area contributed by atoms with Crippen molar-refractivity contribution in [2.45, 2.75) is 13.3 Å². The Bertz CT molecular complexity index is 353. The van der Waals surface area contributed by atoms with Crippen molar-refractivity contribution in [1.29, 1.82) is 0 Å². The highest BCUT2D eigenvalue weighted by molar-refractivity contribution is 5.94. The number of aromatic hydroxyl groups is 1. The highest BCUT2D eigenvalue weighted by atomic mass is 16.3. The Morgan fingerprint density at radius 3 is 2.88 bits per heavy atom. The van der Waals surface area contributed by atoms with Crippen LogP contribution in [0.3, 0.4) is 0 Å². The minimum Gasteiger partial charge on any atom is -0.508 e. The summed E-state index contributed by atoms with van der Waals surface area (Å²) in [6.07, 6.45) is 1.00. The number of carbonyl (C=O) groups is 1. The summed E-state index contributed by atoms with van der Waals surface area (Å²) in [5, 5.41) is 12.4. The lowest BCUT2D eigenvalue weighted by molar-refractivity contribution is -0.117. The Morgan fingerprint density at radius 1 is 1.50 bits per heavy atom. The molecule has 0 radical (unpaired) electrons. The number of hydrogen-bond acceptors (Lipinski definition) is 3. The van der Waals surface area contributed by atoms with E-state index in [2.05, 4.69) is 12.2 Å². The van der Waals surface area contributed by atoms with Crippen molar-refractivity contribution in [2.24, 2.45) is 0 Å². The monoisotopic (exact) mass is 222 g/mol. The molecule has 0 spiro atoms. The molecule has 88 valence electrons. The summed E-state index contributed by atoms with van der Waals surface area (Å²) in [5.41, 5.74) is 0.697. The van der Waals surface area contributed by atoms with E-state index in [-0.39, 0.29) is 11.7 Å². The van der Waals surface area contributed by atoms with Crippen LogP contribution in [0.25, 0.3) is 0 Å². The van der Waals surface area contributed by atoms with Gasteiger partial charge in [0, 0.05) is 18.8 Å². The van der Waals surface area contributed by atoms with Gasteiger partial charge in [0.05, 0.1) is 6.54 Å². The maximum absolute atomic E-state index is 11.7. The molecule has 0 saturated carbocycles. The number of hydrogen-bond donors (Lipinski definition) is 2. The predicted molar refractivity (Wildman–Crippen MR) is 64.7 cm³/mol. The van der Waals surface area contributed by atoms with Crippen molar-refractivity contribution < 1.29 is 9.90 Å². The van der Waals surface area contributed by atoms with Crippen LogP contribution in [0.1, 0.15) is 13.3 Å². The van der Waals surface area contributed by atoms with E-state index in [1.807, 2.05) is 0 Å². The van der Waals surface area contributed by atoms with Gasteiger partial charge in [0.2, 0.25) is 5.91 Å². The van der Waals surface area contributed by atoms with Gasteiger partial charge in [0.1, 0.15) is 5.75 Å². The molecule has 1 aromatic carbocycles. The second-order valence-corrected chi connectivity index (χ2v) is 3.65. The number of likely N-dealkylation sites (N-methyl/N-ethyl adjacent to an activating group) is 1. The maximum Gasteiger partial charge on any atom is 0.240 e. The Kier molecular flexibility index (Phi) is 4.79. The summed E-state index contributed by atoms with van der Waals surface area (Å²) < 4.78 is 0. The fourth-order valence-electron chi connectivity index (χ4n) is 1.34. The van der Waals surface area contributed by atoms with Gasteiger partial charge in [-0.05, 0) is 25.1 Å². The molecule has 1 aromatic rings. The normalized spacial score (nSPS) is 10.1. The fourth-order valence-corrected chi connectivity index (χ4v) is 1.34. The van der Waals surface area contributed by atoms with Crippen molar-refractivity contribution in [3.05, 3.63) is 24.3 Å². The van der Waals surface area contributed by atoms with Crippen molar-refractivity contribution in [3.63, 3.8) is 0 Å². The number of phenolic OH excluding ortho intramolecular Hbond substituents is 1. The van der Waals surface area contributed by atoms with E-state index in [1.54, 1.807) is 31.3 Å². The molecule has 0 aliphatic heterocycles. The molecule has 4 nitrogen and oxygen atoms in total. The number of nitrogens with zero attached hydrogens (tertiary/aromatic N) is 1. The molecule has 0 bridgehead atoms. The Hall–Kier alpha value is -1.55. The summed E-state index contributed by atoms with van der Waals surface area (Å²) in [6.45, 7) is 3.20. The SMILES string of the molecule is CCCNCC(=O)N(C)c1cccc(O)c1. The molecular weight excluding hydrogens is 204 g/mol. The first-order valence-electron chi connectivity index (χ1n) is 5.41. The molecule has 4 heteroatoms. The summed E-state index contributed by atoms with van der Waals surface area (Å²) in [7, 11) is 1.70. The third kappa shape index (κ3) is 3.55. The molecule has 0 heterocycles. The summed E-state index contributed by atoms with van der Waals surface area (Å²) in [6, 6.07) is 6.65. The number of benzene rings is 1. The highest BCUT2D eigenvalue weighted by Crippen LogP contribution is 2.18. The zero-order valence-corrected chi connectivity index (χ0v) is 9.73. The largest absolute Gasteiger partial charge is 0.508 e. The quantitative estimate of drug-likeness (QED) is 0.739. The first-order chi connectivity index (χ1) is 7.65. The lowest BCUT2D eigenvalue weighted by atomic mass is 10.3. The van der Waals surface area contributed by atoms with Crippen molar-refractivity contribution in [1.82, 2.24) is 5.32 Å². The molecule has 0 fully saturated rings. The first-order valence-corrected chi connectivity index (χ1v) is 5.41. The average Bonchev–Trinajstić information content (AvgIpc) is 2.28. The topological polar surface area (TPSA) is 52.6 Å². The van der Waals surface area contributed by atoms with Gasteiger partial charge in [-0.25, -0.2) is 0 Å². The summed E-state index contributed by atoms with van der Waals surface area (Å²) in [4.78, 5) is 13.2. The number of rotatable bonds is 5. The molecule has 0 aliphatic rings. The molecule has 0 aromatic heterocycles. The molecule has 2 N–H and O–H groups in total. The van der Waals surface area contributed by atoms with Crippen LogP contribution in [-0.2, 0) is 4.79 Å². The summed E-state index contributed by atoms with van der Waals surface area (Å²) >= 11 is 0. The molecular formula is C12H18N2O2. The minimum absolute atomic E-state index is 0.0148. The molecule has 16 heavy (non-hydrogen) atoms. The van der Waals surface area contributed by atoms with Gasteiger partial charge in [-0.1, -0.05) is 13.0 Å². The lowest BCUT2D eigenvalue weighted by Crippen LogP contribution is -2.35. The Morgan fingerprint density at radius 2 is 2.25 bits per heavy atom. The van der Waals surface area contributed by atoms with Gasteiger partial charge >= 0.3 is 0 Å². The molecule has 0 saturated heterocycles. The van der Waals surface area contributed by atoms with Crippen molar-refractivity contribution in [3.8, 4) is 5.75 Å². The smallest absolute Gasteiger partial charge is 0.240 e. The van der Waals surface area contributed by atoms with E-state index < -0.39 is 0 Å². The Balaban J connectivity index is 2.56. The molecule has 0 aliphatic carbocycles. The first kappa shape index (κ1) is 12.5. The van der Waals surface area contributed by atoms with Gasteiger partial charge in [0.15, 0.2) is 0 Å². The predicted octanol–water partition coefficient (Wildman–Crippen LogP) is 1.35. The zero-order chi connectivity index (χ0) is 12.0. The van der Waals surface area contributed by atoms with Crippen LogP contribution >= 0.6 is 0 Å². The van der Waals surface area contributed by atoms with Gasteiger partial charge in [-0.15, -0.1) is 0 Å². The van der Waals surface area contributed by atoms with Gasteiger partial charge in [-0.3, -0.25) is 4.79 Å². The molecule has 1 rings (SSSR count). The van der Waals surface area contributed by atoms with Crippen LogP contribution in [0.4, 0.5) is 5.69 Å². The average molecular weight is 222 g/mol. The highest BCUT2D eigenvalue weighted by Gasteiger charge is 2.10. The minimum atomic E-state index is -0.0148. The van der Waals surface area contributed by atoms with Crippen molar-refractivity contribution in [2.75, 3.05) is 25.0 Å². The van der Waals surface area contributed by atoms with Crippen LogP contribution in [0, 0.1) is 0 Å². The van der Waals surface area contributed by atoms with E-state index in [1.165, 1.54) is 4.90 Å². The van der Waals surface area contributed by atoms with E-state index in [0.717, 1.165) is 13.0 Å². The third-order valence-electron chi connectivity index (χ3n) is 2.29. The Labute approximate surface area is 95.9 Å². The summed E-state index contributed by atoms with van der Waals surface area (Å²) in [5.74, 6) is 0.151. The van der Waals surface area contributed by atoms with Gasteiger partial charge < -0.3 is 15.3 Å². The van der Waals surface area contributed by atoms with Gasteiger partial charge in [0.25, 0.3) is 0 Å². The number of carbonyl (C=O) groups excluding carboxylic acids is 1. The van der Waals surface area contributed by atoms with E-state index >= 15 is 0 Å². The van der Waals surface area contributed by atoms with Crippen LogP contribution in [-0.4, -0.2) is 31.2 Å². The van der Waals surface area contributed by atoms with E-state index in [4.69, 9.17) is 0 Å². The standard InChI is InChI=1S/C12H18N2O2/c1-3-7-13-9-12(16)14(2)10-5-4-6-11(15)8-10/h4-6,8,13,15H,3,7,9H2,1-2H3. The number of phenols is 1. The zero-order valence-electron chi connectivity index (χ0n) is 9.73.